The topological polar surface area (TPSA) is 106 Å². The number of hydrogen-bond donors (Lipinski definition) is 2. The maximum Gasteiger partial charge on any atom is 0.251 e. The molecule has 1 aromatic carbocycles. The minimum absolute atomic E-state index is 0.0328. The van der Waals surface area contributed by atoms with Crippen molar-refractivity contribution in [2.24, 2.45) is 5.14 Å². The molecule has 1 aromatic rings. The lowest BCUT2D eigenvalue weighted by atomic mass is 10.1. The minimum atomic E-state index is -3.78. The number of amides is 1. The molecule has 6 nitrogen and oxygen atoms in total. The van der Waals surface area contributed by atoms with Crippen LogP contribution in [0.25, 0.3) is 0 Å². The normalized spacial score (nSPS) is 14.6. The van der Waals surface area contributed by atoms with E-state index in [9.17, 15) is 17.4 Å². The van der Waals surface area contributed by atoms with Crippen molar-refractivity contribution in [1.29, 1.82) is 0 Å². The van der Waals surface area contributed by atoms with Crippen LogP contribution in [0.4, 0.5) is 0 Å². The molecule has 0 bridgehead atoms. The summed E-state index contributed by atoms with van der Waals surface area (Å²) in [5.74, 6) is -0.333. The van der Waals surface area contributed by atoms with E-state index in [-0.39, 0.29) is 16.1 Å². The first-order valence-corrected chi connectivity index (χ1v) is 9.03. The Morgan fingerprint density at radius 3 is 2.50 bits per heavy atom. The molecule has 2 unspecified atom stereocenters. The first-order valence-electron chi connectivity index (χ1n) is 5.87. The number of rotatable bonds is 5. The summed E-state index contributed by atoms with van der Waals surface area (Å²) in [6.45, 7) is 3.69. The lowest BCUT2D eigenvalue weighted by Gasteiger charge is -2.11. The molecule has 0 radical (unpaired) electrons. The average molecular weight is 318 g/mol. The third-order valence-corrected chi connectivity index (χ3v) is 5.10. The average Bonchev–Trinajstić information content (AvgIpc) is 2.34. The largest absolute Gasteiger partial charge is 0.351 e. The highest BCUT2D eigenvalue weighted by Gasteiger charge is 2.15. The van der Waals surface area contributed by atoms with Gasteiger partial charge < -0.3 is 5.32 Å². The number of hydrogen-bond acceptors (Lipinski definition) is 4. The third-order valence-electron chi connectivity index (χ3n) is 2.89. The van der Waals surface area contributed by atoms with Crippen molar-refractivity contribution in [2.45, 2.75) is 24.0 Å². The summed E-state index contributed by atoms with van der Waals surface area (Å²) in [5.41, 5.74) is 0.880. The maximum absolute atomic E-state index is 12.0. The second-order valence-corrected chi connectivity index (χ2v) is 7.90. The zero-order valence-corrected chi connectivity index (χ0v) is 13.2. The van der Waals surface area contributed by atoms with Crippen molar-refractivity contribution in [1.82, 2.24) is 5.32 Å². The van der Waals surface area contributed by atoms with Crippen LogP contribution in [-0.4, -0.2) is 36.6 Å². The van der Waals surface area contributed by atoms with Crippen molar-refractivity contribution in [3.05, 3.63) is 29.3 Å². The highest BCUT2D eigenvalue weighted by Crippen LogP contribution is 2.14. The van der Waals surface area contributed by atoms with Crippen molar-refractivity contribution in [3.63, 3.8) is 0 Å². The molecule has 20 heavy (non-hydrogen) atoms. The summed E-state index contributed by atoms with van der Waals surface area (Å²) in [6, 6.07) is 4.06. The van der Waals surface area contributed by atoms with Crippen molar-refractivity contribution in [3.8, 4) is 0 Å². The number of primary sulfonamides is 1. The first-order chi connectivity index (χ1) is 9.12. The van der Waals surface area contributed by atoms with Gasteiger partial charge in [0.2, 0.25) is 10.0 Å². The fraction of sp³-hybridized carbons (Fsp3) is 0.417. The van der Waals surface area contributed by atoms with Gasteiger partial charge in [-0.3, -0.25) is 9.00 Å². The van der Waals surface area contributed by atoms with Crippen LogP contribution in [0, 0.1) is 6.92 Å². The van der Waals surface area contributed by atoms with Crippen LogP contribution in [0.15, 0.2) is 23.1 Å². The summed E-state index contributed by atoms with van der Waals surface area (Å²) < 4.78 is 33.6. The van der Waals surface area contributed by atoms with Gasteiger partial charge in [0, 0.05) is 34.4 Å². The number of nitrogens with two attached hydrogens (primary N) is 1. The van der Waals surface area contributed by atoms with Gasteiger partial charge in [-0.05, 0) is 37.6 Å². The van der Waals surface area contributed by atoms with E-state index in [0.717, 1.165) is 0 Å². The molecule has 3 N–H and O–H groups in total. The Morgan fingerprint density at radius 2 is 2.05 bits per heavy atom. The fourth-order valence-electron chi connectivity index (χ4n) is 1.52. The summed E-state index contributed by atoms with van der Waals surface area (Å²) >= 11 is 0. The molecule has 0 spiro atoms. The lowest BCUT2D eigenvalue weighted by molar-refractivity contribution is 0.0953. The Morgan fingerprint density at radius 1 is 1.45 bits per heavy atom. The van der Waals surface area contributed by atoms with Gasteiger partial charge in [-0.15, -0.1) is 0 Å². The second-order valence-electron chi connectivity index (χ2n) is 4.54. The molecular weight excluding hydrogens is 300 g/mol. The van der Waals surface area contributed by atoms with E-state index in [0.29, 0.717) is 17.7 Å². The zero-order chi connectivity index (χ0) is 15.5. The smallest absolute Gasteiger partial charge is 0.251 e. The van der Waals surface area contributed by atoms with Crippen LogP contribution in [0.5, 0.6) is 0 Å². The quantitative estimate of drug-likeness (QED) is 0.805. The monoisotopic (exact) mass is 318 g/mol. The van der Waals surface area contributed by atoms with Crippen molar-refractivity contribution < 1.29 is 17.4 Å². The van der Waals surface area contributed by atoms with E-state index in [4.69, 9.17) is 5.14 Å². The molecule has 0 aliphatic rings. The molecular formula is C12H18N2O4S2. The van der Waals surface area contributed by atoms with Gasteiger partial charge in [0.1, 0.15) is 0 Å². The van der Waals surface area contributed by atoms with Crippen LogP contribution in [0.1, 0.15) is 22.8 Å². The van der Waals surface area contributed by atoms with E-state index >= 15 is 0 Å². The Labute approximate surface area is 121 Å². The number of benzene rings is 1. The summed E-state index contributed by atoms with van der Waals surface area (Å²) in [4.78, 5) is 11.9. The first kappa shape index (κ1) is 16.8. The zero-order valence-electron chi connectivity index (χ0n) is 11.5. The van der Waals surface area contributed by atoms with E-state index in [1.165, 1.54) is 18.2 Å². The molecule has 1 rings (SSSR count). The predicted molar refractivity (Wildman–Crippen MR) is 78.4 cm³/mol. The van der Waals surface area contributed by atoms with Gasteiger partial charge in [-0.2, -0.15) is 0 Å². The van der Waals surface area contributed by atoms with E-state index in [1.54, 1.807) is 20.1 Å². The fourth-order valence-corrected chi connectivity index (χ4v) is 2.43. The van der Waals surface area contributed by atoms with Crippen molar-refractivity contribution in [2.75, 3.05) is 12.8 Å². The van der Waals surface area contributed by atoms with Crippen LogP contribution in [0.2, 0.25) is 0 Å². The Balaban J connectivity index is 2.88. The Kier molecular flexibility index (Phi) is 5.43. The molecule has 8 heteroatoms. The molecule has 0 aliphatic heterocycles. The Hall–Kier alpha value is -1.25. The predicted octanol–water partition coefficient (Wildman–Crippen LogP) is 0.139. The van der Waals surface area contributed by atoms with Gasteiger partial charge in [0.15, 0.2) is 0 Å². The maximum atomic E-state index is 12.0. The third kappa shape index (κ3) is 4.39. The van der Waals surface area contributed by atoms with E-state index in [1.807, 2.05) is 0 Å². The molecule has 112 valence electrons. The van der Waals surface area contributed by atoms with Gasteiger partial charge in [-0.1, -0.05) is 0 Å². The van der Waals surface area contributed by atoms with Crippen molar-refractivity contribution >= 4 is 26.7 Å². The van der Waals surface area contributed by atoms with Crippen LogP contribution >= 0.6 is 0 Å². The molecule has 1 amide bonds. The standard InChI is InChI=1S/C12H18N2O4S2/c1-8-6-10(20(13,17)18)4-5-11(8)12(15)14-7-9(2)19(3)16/h4-6,9H,7H2,1-3H3,(H,14,15)(H2,13,17,18). The summed E-state index contributed by atoms with van der Waals surface area (Å²) in [7, 11) is -4.79. The highest BCUT2D eigenvalue weighted by molar-refractivity contribution is 7.89. The van der Waals surface area contributed by atoms with Crippen LogP contribution < -0.4 is 10.5 Å². The number of nitrogens with one attached hydrogen (secondary N) is 1. The minimum Gasteiger partial charge on any atom is -0.351 e. The Bertz CT molecular complexity index is 641. The highest BCUT2D eigenvalue weighted by atomic mass is 32.2. The van der Waals surface area contributed by atoms with E-state index < -0.39 is 20.8 Å². The molecule has 0 saturated carbocycles. The molecule has 2 atom stereocenters. The molecule has 0 heterocycles. The van der Waals surface area contributed by atoms with Crippen LogP contribution in [-0.2, 0) is 20.8 Å². The molecule has 0 saturated heterocycles. The van der Waals surface area contributed by atoms with Crippen LogP contribution in [0.3, 0.4) is 0 Å². The van der Waals surface area contributed by atoms with Gasteiger partial charge in [0.25, 0.3) is 5.91 Å². The number of aryl methyl sites for hydroxylation is 1. The second kappa shape index (κ2) is 6.47. The molecule has 0 fully saturated rings. The molecule has 0 aromatic heterocycles. The number of carbonyl (C=O) groups is 1. The number of sulfonamides is 1. The molecule has 0 aliphatic carbocycles. The lowest BCUT2D eigenvalue weighted by Crippen LogP contribution is -2.33. The number of carbonyl (C=O) groups excluding carboxylic acids is 1. The summed E-state index contributed by atoms with van der Waals surface area (Å²) in [5, 5.41) is 7.54. The van der Waals surface area contributed by atoms with E-state index in [2.05, 4.69) is 5.32 Å². The van der Waals surface area contributed by atoms with Gasteiger partial charge in [0.05, 0.1) is 4.90 Å². The SMILES string of the molecule is Cc1cc(S(N)(=O)=O)ccc1C(=O)NCC(C)S(C)=O. The van der Waals surface area contributed by atoms with Gasteiger partial charge >= 0.3 is 0 Å². The van der Waals surface area contributed by atoms with Gasteiger partial charge in [-0.25, -0.2) is 13.6 Å². The summed E-state index contributed by atoms with van der Waals surface area (Å²) in [6.07, 6.45) is 1.57.